The highest BCUT2D eigenvalue weighted by Gasteiger charge is 2.03. The summed E-state index contributed by atoms with van der Waals surface area (Å²) in [7, 11) is 0. The molecular weight excluding hydrogens is 289 g/mol. The Morgan fingerprint density at radius 2 is 2.25 bits per heavy atom. The van der Waals surface area contributed by atoms with Crippen LogP contribution in [0.1, 0.15) is 5.56 Å². The summed E-state index contributed by atoms with van der Waals surface area (Å²) in [5.74, 6) is 0. The number of hydrogen-bond acceptors (Lipinski definition) is 2. The van der Waals surface area contributed by atoms with E-state index in [-0.39, 0.29) is 0 Å². The highest BCUT2D eigenvalue weighted by Crippen LogP contribution is 2.21. The molecule has 0 saturated carbocycles. The van der Waals surface area contributed by atoms with E-state index < -0.39 is 0 Å². The second-order valence-electron chi connectivity index (χ2n) is 3.42. The molecule has 0 atom stereocenters. The third-order valence-electron chi connectivity index (χ3n) is 2.27. The lowest BCUT2D eigenvalue weighted by molar-refractivity contribution is 0.876. The van der Waals surface area contributed by atoms with Crippen molar-refractivity contribution in [2.45, 2.75) is 6.42 Å². The number of aromatic nitrogens is 2. The summed E-state index contributed by atoms with van der Waals surface area (Å²) in [6.07, 6.45) is 4.25. The van der Waals surface area contributed by atoms with Crippen molar-refractivity contribution in [3.05, 3.63) is 45.7 Å². The highest BCUT2D eigenvalue weighted by molar-refractivity contribution is 9.10. The van der Waals surface area contributed by atoms with Crippen molar-refractivity contribution < 1.29 is 0 Å². The number of nitrogens with two attached hydrogens (primary N) is 1. The van der Waals surface area contributed by atoms with Crippen LogP contribution in [0.4, 0.5) is 0 Å². The maximum atomic E-state index is 5.82. The van der Waals surface area contributed by atoms with Crippen LogP contribution >= 0.6 is 27.5 Å². The predicted molar refractivity (Wildman–Crippen MR) is 69.0 cm³/mol. The Hall–Kier alpha value is -0.840. The van der Waals surface area contributed by atoms with E-state index in [2.05, 4.69) is 21.0 Å². The number of nitrogens with zero attached hydrogens (tertiary/aromatic N) is 2. The molecule has 0 bridgehead atoms. The molecule has 16 heavy (non-hydrogen) atoms. The van der Waals surface area contributed by atoms with E-state index in [0.29, 0.717) is 11.6 Å². The molecule has 0 aliphatic heterocycles. The van der Waals surface area contributed by atoms with E-state index in [1.54, 1.807) is 17.1 Å². The zero-order chi connectivity index (χ0) is 11.5. The minimum Gasteiger partial charge on any atom is -0.330 e. The summed E-state index contributed by atoms with van der Waals surface area (Å²) in [5.41, 5.74) is 7.70. The first-order valence-electron chi connectivity index (χ1n) is 4.90. The molecule has 2 aromatic rings. The monoisotopic (exact) mass is 299 g/mol. The standard InChI is InChI=1S/C11H11BrClN3/c12-11-5-10(2-1-8(11)3-4-14)16-7-9(13)6-15-16/h1-2,5-7H,3-4,14H2. The Bertz CT molecular complexity index is 496. The van der Waals surface area contributed by atoms with Crippen LogP contribution in [-0.2, 0) is 6.42 Å². The van der Waals surface area contributed by atoms with Crippen molar-refractivity contribution in [2.75, 3.05) is 6.54 Å². The van der Waals surface area contributed by atoms with Crippen LogP contribution in [-0.4, -0.2) is 16.3 Å². The summed E-state index contributed by atoms with van der Waals surface area (Å²) in [6, 6.07) is 6.05. The van der Waals surface area contributed by atoms with E-state index in [9.17, 15) is 0 Å². The molecule has 0 amide bonds. The highest BCUT2D eigenvalue weighted by atomic mass is 79.9. The molecule has 0 spiro atoms. The van der Waals surface area contributed by atoms with Gasteiger partial charge in [0.25, 0.3) is 0 Å². The molecule has 2 N–H and O–H groups in total. The largest absolute Gasteiger partial charge is 0.330 e. The molecule has 0 aliphatic rings. The lowest BCUT2D eigenvalue weighted by Crippen LogP contribution is -2.04. The fourth-order valence-electron chi connectivity index (χ4n) is 1.48. The van der Waals surface area contributed by atoms with Crippen LogP contribution in [0.3, 0.4) is 0 Å². The molecule has 1 aromatic heterocycles. The van der Waals surface area contributed by atoms with Crippen molar-refractivity contribution in [2.24, 2.45) is 5.73 Å². The van der Waals surface area contributed by atoms with Gasteiger partial charge in [0.2, 0.25) is 0 Å². The topological polar surface area (TPSA) is 43.8 Å². The molecule has 2 rings (SSSR count). The number of hydrogen-bond donors (Lipinski definition) is 1. The smallest absolute Gasteiger partial charge is 0.0790 e. The predicted octanol–water partition coefficient (Wildman–Crippen LogP) is 2.79. The van der Waals surface area contributed by atoms with Gasteiger partial charge in [0.05, 0.1) is 16.9 Å². The van der Waals surface area contributed by atoms with Crippen molar-refractivity contribution >= 4 is 27.5 Å². The van der Waals surface area contributed by atoms with Crippen molar-refractivity contribution in [3.8, 4) is 5.69 Å². The molecule has 0 unspecified atom stereocenters. The van der Waals surface area contributed by atoms with Gasteiger partial charge in [-0.1, -0.05) is 33.6 Å². The lowest BCUT2D eigenvalue weighted by Gasteiger charge is -2.06. The molecule has 84 valence electrons. The molecule has 0 fully saturated rings. The summed E-state index contributed by atoms with van der Waals surface area (Å²) in [6.45, 7) is 0.644. The Balaban J connectivity index is 2.34. The first-order valence-corrected chi connectivity index (χ1v) is 6.07. The fourth-order valence-corrected chi connectivity index (χ4v) is 2.18. The van der Waals surface area contributed by atoms with Crippen molar-refractivity contribution in [1.82, 2.24) is 9.78 Å². The van der Waals surface area contributed by atoms with E-state index >= 15 is 0 Å². The molecule has 0 radical (unpaired) electrons. The maximum absolute atomic E-state index is 5.82. The molecule has 0 aliphatic carbocycles. The van der Waals surface area contributed by atoms with Gasteiger partial charge in [0.15, 0.2) is 0 Å². The van der Waals surface area contributed by atoms with Crippen LogP contribution in [0, 0.1) is 0 Å². The lowest BCUT2D eigenvalue weighted by atomic mass is 10.1. The van der Waals surface area contributed by atoms with Gasteiger partial charge in [0.1, 0.15) is 0 Å². The van der Waals surface area contributed by atoms with Gasteiger partial charge in [-0.3, -0.25) is 0 Å². The zero-order valence-electron chi connectivity index (χ0n) is 8.53. The van der Waals surface area contributed by atoms with Gasteiger partial charge in [-0.05, 0) is 30.7 Å². The van der Waals surface area contributed by atoms with E-state index in [0.717, 1.165) is 16.6 Å². The molecule has 3 nitrogen and oxygen atoms in total. The quantitative estimate of drug-likeness (QED) is 0.947. The van der Waals surface area contributed by atoms with Crippen LogP contribution in [0.2, 0.25) is 5.02 Å². The van der Waals surface area contributed by atoms with Crippen LogP contribution in [0.5, 0.6) is 0 Å². The van der Waals surface area contributed by atoms with Gasteiger partial charge in [0, 0.05) is 10.7 Å². The van der Waals surface area contributed by atoms with Crippen molar-refractivity contribution in [1.29, 1.82) is 0 Å². The van der Waals surface area contributed by atoms with Crippen LogP contribution in [0.25, 0.3) is 5.69 Å². The summed E-state index contributed by atoms with van der Waals surface area (Å²) in [5, 5.41) is 4.77. The van der Waals surface area contributed by atoms with Crippen molar-refractivity contribution in [3.63, 3.8) is 0 Å². The normalized spacial score (nSPS) is 10.7. The van der Waals surface area contributed by atoms with Gasteiger partial charge in [-0.2, -0.15) is 5.10 Å². The molecular formula is C11H11BrClN3. The molecule has 5 heteroatoms. The van der Waals surface area contributed by atoms with E-state index in [1.165, 1.54) is 5.56 Å². The second kappa shape index (κ2) is 4.99. The first kappa shape index (κ1) is 11.6. The SMILES string of the molecule is NCCc1ccc(-n2cc(Cl)cn2)cc1Br. The minimum atomic E-state index is 0.627. The fraction of sp³-hybridized carbons (Fsp3) is 0.182. The summed E-state index contributed by atoms with van der Waals surface area (Å²) >= 11 is 9.34. The average Bonchev–Trinajstić information content (AvgIpc) is 2.68. The van der Waals surface area contributed by atoms with E-state index in [1.807, 2.05) is 18.2 Å². The van der Waals surface area contributed by atoms with Crippen LogP contribution < -0.4 is 5.73 Å². The number of halogens is 2. The first-order chi connectivity index (χ1) is 7.70. The Kier molecular flexibility index (Phi) is 3.63. The molecule has 0 saturated heterocycles. The summed E-state index contributed by atoms with van der Waals surface area (Å²) in [4.78, 5) is 0. The Labute approximate surface area is 107 Å². The van der Waals surface area contributed by atoms with Gasteiger partial charge in [-0.25, -0.2) is 4.68 Å². The zero-order valence-corrected chi connectivity index (χ0v) is 10.9. The van der Waals surface area contributed by atoms with Gasteiger partial charge in [-0.15, -0.1) is 0 Å². The summed E-state index contributed by atoms with van der Waals surface area (Å²) < 4.78 is 2.78. The number of benzene rings is 1. The van der Waals surface area contributed by atoms with Gasteiger partial charge >= 0.3 is 0 Å². The Morgan fingerprint density at radius 3 is 2.81 bits per heavy atom. The second-order valence-corrected chi connectivity index (χ2v) is 4.71. The minimum absolute atomic E-state index is 0.627. The molecule has 1 aromatic carbocycles. The third-order valence-corrected chi connectivity index (χ3v) is 3.20. The van der Waals surface area contributed by atoms with Crippen LogP contribution in [0.15, 0.2) is 35.1 Å². The Morgan fingerprint density at radius 1 is 1.44 bits per heavy atom. The third kappa shape index (κ3) is 2.45. The number of rotatable bonds is 3. The molecule has 1 heterocycles. The van der Waals surface area contributed by atoms with E-state index in [4.69, 9.17) is 17.3 Å². The maximum Gasteiger partial charge on any atom is 0.0790 e. The van der Waals surface area contributed by atoms with Gasteiger partial charge < -0.3 is 5.73 Å². The average molecular weight is 301 g/mol.